The summed E-state index contributed by atoms with van der Waals surface area (Å²) in [5.41, 5.74) is 7.70. The Labute approximate surface area is 91.8 Å². The second-order valence-corrected chi connectivity index (χ2v) is 3.54. The minimum Gasteiger partial charge on any atom is -0.497 e. The summed E-state index contributed by atoms with van der Waals surface area (Å²) in [7, 11) is 1.66. The molecule has 0 saturated carbocycles. The molecule has 1 rings (SSSR count). The van der Waals surface area contributed by atoms with Crippen molar-refractivity contribution in [2.45, 2.75) is 20.3 Å². The van der Waals surface area contributed by atoms with Crippen LogP contribution in [-0.4, -0.2) is 20.2 Å². The Bertz CT molecular complexity index is 312. The number of rotatable bonds is 5. The highest BCUT2D eigenvalue weighted by molar-refractivity contribution is 5.60. The van der Waals surface area contributed by atoms with Gasteiger partial charge in [0, 0.05) is 36.6 Å². The largest absolute Gasteiger partial charge is 0.497 e. The van der Waals surface area contributed by atoms with Gasteiger partial charge in [-0.25, -0.2) is 0 Å². The minimum absolute atomic E-state index is 0.749. The summed E-state index contributed by atoms with van der Waals surface area (Å²) in [6.45, 7) is 6.35. The molecule has 0 unspecified atom stereocenters. The Morgan fingerprint density at radius 3 is 2.53 bits per heavy atom. The first-order chi connectivity index (χ1) is 7.21. The molecule has 0 aliphatic heterocycles. The lowest BCUT2D eigenvalue weighted by molar-refractivity contribution is 0.415. The van der Waals surface area contributed by atoms with Crippen molar-refractivity contribution in [2.75, 3.05) is 30.8 Å². The number of methoxy groups -OCH3 is 1. The molecule has 15 heavy (non-hydrogen) atoms. The van der Waals surface area contributed by atoms with Crippen molar-refractivity contribution in [3.05, 3.63) is 18.2 Å². The van der Waals surface area contributed by atoms with Crippen LogP contribution in [0.1, 0.15) is 20.3 Å². The van der Waals surface area contributed by atoms with Crippen molar-refractivity contribution in [3.63, 3.8) is 0 Å². The fourth-order valence-corrected chi connectivity index (χ4v) is 1.65. The SMILES string of the molecule is CCCN(CC)c1cc(N)cc(OC)c1. The van der Waals surface area contributed by atoms with Gasteiger partial charge in [0.25, 0.3) is 0 Å². The predicted octanol–water partition coefficient (Wildman–Crippen LogP) is 2.51. The van der Waals surface area contributed by atoms with Crippen LogP contribution in [0, 0.1) is 0 Å². The fraction of sp³-hybridized carbons (Fsp3) is 0.500. The molecule has 0 bridgehead atoms. The Kier molecular flexibility index (Phi) is 4.28. The lowest BCUT2D eigenvalue weighted by Gasteiger charge is -2.23. The molecule has 0 spiro atoms. The maximum Gasteiger partial charge on any atom is 0.122 e. The van der Waals surface area contributed by atoms with Gasteiger partial charge in [-0.3, -0.25) is 0 Å². The number of hydrogen-bond acceptors (Lipinski definition) is 3. The standard InChI is InChI=1S/C12H20N2O/c1-4-6-14(5-2)11-7-10(13)8-12(9-11)15-3/h7-9H,4-6,13H2,1-3H3. The average molecular weight is 208 g/mol. The Morgan fingerprint density at radius 1 is 1.27 bits per heavy atom. The van der Waals surface area contributed by atoms with E-state index >= 15 is 0 Å². The molecule has 1 aromatic rings. The highest BCUT2D eigenvalue weighted by Gasteiger charge is 2.05. The van der Waals surface area contributed by atoms with Crippen LogP contribution in [0.3, 0.4) is 0 Å². The maximum absolute atomic E-state index is 5.82. The van der Waals surface area contributed by atoms with Gasteiger partial charge in [-0.05, 0) is 19.4 Å². The molecule has 0 aliphatic carbocycles. The summed E-state index contributed by atoms with van der Waals surface area (Å²) in [5, 5.41) is 0. The van der Waals surface area contributed by atoms with E-state index in [1.807, 2.05) is 18.2 Å². The van der Waals surface area contributed by atoms with Crippen molar-refractivity contribution in [1.29, 1.82) is 0 Å². The lowest BCUT2D eigenvalue weighted by Crippen LogP contribution is -2.23. The van der Waals surface area contributed by atoms with Crippen LogP contribution in [0.4, 0.5) is 11.4 Å². The van der Waals surface area contributed by atoms with Crippen LogP contribution in [-0.2, 0) is 0 Å². The molecule has 1 aromatic carbocycles. The molecule has 0 fully saturated rings. The van der Waals surface area contributed by atoms with Gasteiger partial charge in [-0.15, -0.1) is 0 Å². The van der Waals surface area contributed by atoms with E-state index in [9.17, 15) is 0 Å². The summed E-state index contributed by atoms with van der Waals surface area (Å²) in [4.78, 5) is 2.29. The monoisotopic (exact) mass is 208 g/mol. The molecule has 3 heteroatoms. The zero-order valence-corrected chi connectivity index (χ0v) is 9.79. The van der Waals surface area contributed by atoms with Gasteiger partial charge in [0.15, 0.2) is 0 Å². The first-order valence-electron chi connectivity index (χ1n) is 5.40. The van der Waals surface area contributed by atoms with Crippen LogP contribution in [0.15, 0.2) is 18.2 Å². The molecule has 3 nitrogen and oxygen atoms in total. The third-order valence-corrected chi connectivity index (χ3v) is 2.39. The quantitative estimate of drug-likeness (QED) is 0.756. The Morgan fingerprint density at radius 2 is 2.00 bits per heavy atom. The predicted molar refractivity (Wildman–Crippen MR) is 65.6 cm³/mol. The summed E-state index contributed by atoms with van der Waals surface area (Å²) >= 11 is 0. The third kappa shape index (κ3) is 3.05. The van der Waals surface area contributed by atoms with Gasteiger partial charge in [0.2, 0.25) is 0 Å². The van der Waals surface area contributed by atoms with Crippen LogP contribution in [0.25, 0.3) is 0 Å². The summed E-state index contributed by atoms with van der Waals surface area (Å²) < 4.78 is 5.20. The van der Waals surface area contributed by atoms with E-state index in [2.05, 4.69) is 18.7 Å². The van der Waals surface area contributed by atoms with Gasteiger partial charge < -0.3 is 15.4 Å². The second-order valence-electron chi connectivity index (χ2n) is 3.54. The molecular weight excluding hydrogens is 188 g/mol. The maximum atomic E-state index is 5.82. The summed E-state index contributed by atoms with van der Waals surface area (Å²) in [6, 6.07) is 5.85. The topological polar surface area (TPSA) is 38.5 Å². The summed E-state index contributed by atoms with van der Waals surface area (Å²) in [6.07, 6.45) is 1.13. The van der Waals surface area contributed by atoms with Crippen LogP contribution < -0.4 is 15.4 Å². The highest BCUT2D eigenvalue weighted by Crippen LogP contribution is 2.25. The van der Waals surface area contributed by atoms with Crippen molar-refractivity contribution in [2.24, 2.45) is 0 Å². The molecule has 0 aromatic heterocycles. The Balaban J connectivity index is 2.95. The molecule has 84 valence electrons. The van der Waals surface area contributed by atoms with Gasteiger partial charge in [-0.2, -0.15) is 0 Å². The van der Waals surface area contributed by atoms with Crippen LogP contribution in [0.2, 0.25) is 0 Å². The number of anilines is 2. The Hall–Kier alpha value is -1.38. The number of ether oxygens (including phenoxy) is 1. The molecule has 0 heterocycles. The van der Waals surface area contributed by atoms with Gasteiger partial charge in [0.05, 0.1) is 7.11 Å². The average Bonchev–Trinajstić information content (AvgIpc) is 2.24. The molecule has 2 N–H and O–H groups in total. The van der Waals surface area contributed by atoms with Crippen molar-refractivity contribution in [1.82, 2.24) is 0 Å². The third-order valence-electron chi connectivity index (χ3n) is 2.39. The zero-order valence-electron chi connectivity index (χ0n) is 9.79. The van der Waals surface area contributed by atoms with E-state index in [1.165, 1.54) is 0 Å². The smallest absolute Gasteiger partial charge is 0.122 e. The van der Waals surface area contributed by atoms with Gasteiger partial charge in [-0.1, -0.05) is 6.92 Å². The van der Waals surface area contributed by atoms with E-state index in [4.69, 9.17) is 10.5 Å². The van der Waals surface area contributed by atoms with Crippen molar-refractivity contribution < 1.29 is 4.74 Å². The van der Waals surface area contributed by atoms with E-state index in [1.54, 1.807) is 7.11 Å². The molecule has 0 radical (unpaired) electrons. The van der Waals surface area contributed by atoms with E-state index in [0.29, 0.717) is 0 Å². The van der Waals surface area contributed by atoms with Crippen molar-refractivity contribution in [3.8, 4) is 5.75 Å². The van der Waals surface area contributed by atoms with Gasteiger partial charge in [0.1, 0.15) is 5.75 Å². The molecular formula is C12H20N2O. The fourth-order valence-electron chi connectivity index (χ4n) is 1.65. The van der Waals surface area contributed by atoms with Crippen LogP contribution >= 0.6 is 0 Å². The second kappa shape index (κ2) is 5.49. The number of nitrogen functional groups attached to an aromatic ring is 1. The van der Waals surface area contributed by atoms with E-state index in [-0.39, 0.29) is 0 Å². The number of benzene rings is 1. The van der Waals surface area contributed by atoms with Crippen LogP contribution in [0.5, 0.6) is 5.75 Å². The highest BCUT2D eigenvalue weighted by atomic mass is 16.5. The van der Waals surface area contributed by atoms with E-state index in [0.717, 1.165) is 36.6 Å². The molecule has 0 saturated heterocycles. The minimum atomic E-state index is 0.749. The first kappa shape index (κ1) is 11.7. The van der Waals surface area contributed by atoms with Crippen molar-refractivity contribution >= 4 is 11.4 Å². The molecule has 0 amide bonds. The number of hydrogen-bond donors (Lipinski definition) is 1. The first-order valence-corrected chi connectivity index (χ1v) is 5.40. The number of nitrogens with zero attached hydrogens (tertiary/aromatic N) is 1. The van der Waals surface area contributed by atoms with E-state index < -0.39 is 0 Å². The zero-order chi connectivity index (χ0) is 11.3. The normalized spacial score (nSPS) is 10.1. The molecule has 0 aliphatic rings. The number of nitrogens with two attached hydrogens (primary N) is 1. The summed E-state index contributed by atoms with van der Waals surface area (Å²) in [5.74, 6) is 0.819. The molecule has 0 atom stereocenters. The lowest BCUT2D eigenvalue weighted by atomic mass is 10.2. The van der Waals surface area contributed by atoms with Gasteiger partial charge >= 0.3 is 0 Å².